The number of hydrogen-bond donors (Lipinski definition) is 3. The van der Waals surface area contributed by atoms with Crippen LogP contribution in [0.15, 0.2) is 24.3 Å². The van der Waals surface area contributed by atoms with Gasteiger partial charge in [-0.2, -0.15) is 0 Å². The van der Waals surface area contributed by atoms with E-state index in [9.17, 15) is 19.8 Å². The van der Waals surface area contributed by atoms with Crippen molar-refractivity contribution in [3.63, 3.8) is 0 Å². The second kappa shape index (κ2) is 54.0. The third-order valence-electron chi connectivity index (χ3n) is 13.3. The van der Waals surface area contributed by atoms with Gasteiger partial charge in [-0.25, -0.2) is 0 Å². The number of ether oxygens (including phenoxy) is 1. The lowest BCUT2D eigenvalue weighted by Gasteiger charge is -2.22. The molecular weight excluding hydrogens is 791 g/mol. The van der Waals surface area contributed by atoms with Gasteiger partial charge in [-0.3, -0.25) is 9.59 Å². The number of unbranched alkanes of at least 4 members (excludes halogenated alkanes) is 39. The third kappa shape index (κ3) is 49.8. The Bertz CT molecular complexity index is 997. The van der Waals surface area contributed by atoms with E-state index < -0.39 is 12.1 Å². The highest BCUT2D eigenvalue weighted by atomic mass is 16.5. The molecule has 0 fully saturated rings. The van der Waals surface area contributed by atoms with Crippen LogP contribution < -0.4 is 5.32 Å². The third-order valence-corrected chi connectivity index (χ3v) is 13.3. The van der Waals surface area contributed by atoms with Gasteiger partial charge in [0.25, 0.3) is 0 Å². The molecule has 378 valence electrons. The SMILES string of the molecule is CCCCCCCCCCCCCCCCCCCC(O)C(CO)NC(=O)CCCCCCCC/C=C\C=C/CCCCCOC(=O)CCCCCCCCCCCCCCCCC. The van der Waals surface area contributed by atoms with E-state index in [0.29, 0.717) is 25.9 Å². The Balaban J connectivity index is 3.50. The highest BCUT2D eigenvalue weighted by molar-refractivity contribution is 5.76. The van der Waals surface area contributed by atoms with Crippen molar-refractivity contribution in [2.24, 2.45) is 0 Å². The minimum atomic E-state index is -0.678. The van der Waals surface area contributed by atoms with Crippen LogP contribution in [-0.4, -0.2) is 47.4 Å². The van der Waals surface area contributed by atoms with Gasteiger partial charge in [-0.15, -0.1) is 0 Å². The fourth-order valence-corrected chi connectivity index (χ4v) is 8.87. The predicted octanol–water partition coefficient (Wildman–Crippen LogP) is 17.5. The van der Waals surface area contributed by atoms with Crippen LogP contribution in [0.3, 0.4) is 0 Å². The number of rotatable bonds is 53. The molecule has 0 aliphatic rings. The molecule has 0 aliphatic carbocycles. The van der Waals surface area contributed by atoms with Crippen LogP contribution in [-0.2, 0) is 14.3 Å². The molecule has 6 nitrogen and oxygen atoms in total. The molecule has 0 aromatic heterocycles. The van der Waals surface area contributed by atoms with Crippen LogP contribution in [0, 0.1) is 0 Å². The summed E-state index contributed by atoms with van der Waals surface area (Å²) < 4.78 is 5.45. The number of nitrogens with one attached hydrogen (secondary N) is 1. The molecule has 2 atom stereocenters. The van der Waals surface area contributed by atoms with Crippen LogP contribution in [0.1, 0.15) is 309 Å². The molecule has 0 rings (SSSR count). The quantitative estimate of drug-likeness (QED) is 0.0321. The van der Waals surface area contributed by atoms with Crippen molar-refractivity contribution in [1.29, 1.82) is 0 Å². The summed E-state index contributed by atoms with van der Waals surface area (Å²) in [7, 11) is 0. The first-order valence-electron chi connectivity index (χ1n) is 28.6. The summed E-state index contributed by atoms with van der Waals surface area (Å²) in [6.45, 7) is 4.91. The maximum atomic E-state index is 12.5. The zero-order valence-electron chi connectivity index (χ0n) is 43.0. The van der Waals surface area contributed by atoms with E-state index in [1.807, 2.05) is 0 Å². The summed E-state index contributed by atoms with van der Waals surface area (Å²) in [5.74, 6) is -0.0739. The summed E-state index contributed by atoms with van der Waals surface area (Å²) in [4.78, 5) is 24.5. The topological polar surface area (TPSA) is 95.9 Å². The predicted molar refractivity (Wildman–Crippen MR) is 278 cm³/mol. The first-order valence-corrected chi connectivity index (χ1v) is 28.6. The van der Waals surface area contributed by atoms with Gasteiger partial charge < -0.3 is 20.3 Å². The molecule has 0 radical (unpaired) electrons. The van der Waals surface area contributed by atoms with E-state index in [-0.39, 0.29) is 18.5 Å². The van der Waals surface area contributed by atoms with Gasteiger partial charge in [0, 0.05) is 12.8 Å². The number of allylic oxidation sites excluding steroid dienone is 4. The number of carbonyl (C=O) groups is 2. The summed E-state index contributed by atoms with van der Waals surface area (Å²) in [6.07, 6.45) is 64.5. The largest absolute Gasteiger partial charge is 0.466 e. The van der Waals surface area contributed by atoms with E-state index in [1.165, 1.54) is 199 Å². The van der Waals surface area contributed by atoms with Crippen molar-refractivity contribution in [1.82, 2.24) is 5.32 Å². The zero-order chi connectivity index (χ0) is 46.5. The normalized spacial score (nSPS) is 12.8. The first kappa shape index (κ1) is 62.3. The zero-order valence-corrected chi connectivity index (χ0v) is 43.0. The molecule has 0 heterocycles. The van der Waals surface area contributed by atoms with E-state index in [1.54, 1.807) is 0 Å². The minimum absolute atomic E-state index is 0.0184. The maximum absolute atomic E-state index is 12.5. The van der Waals surface area contributed by atoms with Crippen LogP contribution in [0.5, 0.6) is 0 Å². The summed E-state index contributed by atoms with van der Waals surface area (Å²) in [5, 5.41) is 23.3. The molecule has 0 spiro atoms. The molecule has 0 saturated carbocycles. The van der Waals surface area contributed by atoms with Crippen molar-refractivity contribution in [2.45, 2.75) is 321 Å². The minimum Gasteiger partial charge on any atom is -0.466 e. The molecule has 1 amide bonds. The molecule has 0 aromatic rings. The van der Waals surface area contributed by atoms with Crippen LogP contribution in [0.2, 0.25) is 0 Å². The molecule has 6 heteroatoms. The second-order valence-corrected chi connectivity index (χ2v) is 19.7. The Morgan fingerprint density at radius 2 is 0.766 bits per heavy atom. The van der Waals surface area contributed by atoms with Gasteiger partial charge in [0.2, 0.25) is 5.91 Å². The average molecular weight is 903 g/mol. The molecule has 2 unspecified atom stereocenters. The number of carbonyl (C=O) groups excluding carboxylic acids is 2. The van der Waals surface area contributed by atoms with E-state index in [2.05, 4.69) is 43.5 Å². The highest BCUT2D eigenvalue weighted by Crippen LogP contribution is 2.17. The van der Waals surface area contributed by atoms with Gasteiger partial charge in [-0.1, -0.05) is 263 Å². The fraction of sp³-hybridized carbons (Fsp3) is 0.897. The van der Waals surface area contributed by atoms with Crippen LogP contribution in [0.4, 0.5) is 0 Å². The maximum Gasteiger partial charge on any atom is 0.305 e. The van der Waals surface area contributed by atoms with Gasteiger partial charge in [0.1, 0.15) is 0 Å². The Morgan fingerprint density at radius 1 is 0.438 bits per heavy atom. The van der Waals surface area contributed by atoms with Crippen molar-refractivity contribution >= 4 is 11.9 Å². The lowest BCUT2D eigenvalue weighted by Crippen LogP contribution is -2.45. The summed E-state index contributed by atoms with van der Waals surface area (Å²) >= 11 is 0. The molecule has 64 heavy (non-hydrogen) atoms. The molecule has 3 N–H and O–H groups in total. The van der Waals surface area contributed by atoms with E-state index in [4.69, 9.17) is 4.74 Å². The van der Waals surface area contributed by atoms with E-state index >= 15 is 0 Å². The summed E-state index contributed by atoms with van der Waals surface area (Å²) in [6, 6.07) is -0.558. The van der Waals surface area contributed by atoms with Crippen molar-refractivity contribution in [3.05, 3.63) is 24.3 Å². The molecule has 0 aliphatic heterocycles. The lowest BCUT2D eigenvalue weighted by molar-refractivity contribution is -0.143. The van der Waals surface area contributed by atoms with Crippen LogP contribution >= 0.6 is 0 Å². The van der Waals surface area contributed by atoms with Crippen molar-refractivity contribution in [2.75, 3.05) is 13.2 Å². The van der Waals surface area contributed by atoms with Crippen molar-refractivity contribution in [3.8, 4) is 0 Å². The van der Waals surface area contributed by atoms with E-state index in [0.717, 1.165) is 77.0 Å². The Labute approximate surface area is 399 Å². The van der Waals surface area contributed by atoms with Gasteiger partial charge in [-0.05, 0) is 57.8 Å². The number of aliphatic hydroxyl groups is 2. The lowest BCUT2D eigenvalue weighted by atomic mass is 10.0. The standard InChI is InChI=1S/C58H111NO5/c1-3-5-7-9-11-13-15-17-19-20-23-26-30-34-38-42-46-50-56(61)55(54-60)59-57(62)51-47-43-39-35-31-27-24-21-25-29-33-37-41-45-49-53-64-58(63)52-48-44-40-36-32-28-22-18-16-14-12-10-8-6-4-2/h21,25,29,33,55-56,60-61H,3-20,22-24,26-28,30-32,34-54H2,1-2H3,(H,59,62)/b25-21-,33-29-. The Hall–Kier alpha value is -1.66. The molecule has 0 bridgehead atoms. The Kier molecular flexibility index (Phi) is 52.6. The molecular formula is C58H111NO5. The smallest absolute Gasteiger partial charge is 0.305 e. The average Bonchev–Trinajstić information content (AvgIpc) is 3.29. The second-order valence-electron chi connectivity index (χ2n) is 19.7. The molecule has 0 saturated heterocycles. The molecule has 0 aromatic carbocycles. The monoisotopic (exact) mass is 902 g/mol. The summed E-state index contributed by atoms with van der Waals surface area (Å²) in [5.41, 5.74) is 0. The number of amides is 1. The van der Waals surface area contributed by atoms with Gasteiger partial charge in [0.15, 0.2) is 0 Å². The van der Waals surface area contributed by atoms with Gasteiger partial charge in [0.05, 0.1) is 25.4 Å². The van der Waals surface area contributed by atoms with Crippen molar-refractivity contribution < 1.29 is 24.5 Å². The number of esters is 1. The number of aliphatic hydroxyl groups excluding tert-OH is 2. The Morgan fingerprint density at radius 3 is 1.16 bits per heavy atom. The van der Waals surface area contributed by atoms with Crippen LogP contribution in [0.25, 0.3) is 0 Å². The van der Waals surface area contributed by atoms with Gasteiger partial charge >= 0.3 is 5.97 Å². The first-order chi connectivity index (χ1) is 31.5. The number of hydrogen-bond acceptors (Lipinski definition) is 5. The highest BCUT2D eigenvalue weighted by Gasteiger charge is 2.20. The fourth-order valence-electron chi connectivity index (χ4n) is 8.87.